The number of nitriles is 1. The second-order valence-electron chi connectivity index (χ2n) is 4.98. The van der Waals surface area contributed by atoms with Crippen LogP contribution in [-0.4, -0.2) is 11.4 Å². The number of amides is 1. The first-order valence-electron chi connectivity index (χ1n) is 4.59. The van der Waals surface area contributed by atoms with E-state index >= 15 is 0 Å². The highest BCUT2D eigenvalue weighted by atomic mass is 16.1. The Hall–Kier alpha value is -1.04. The fraction of sp³-hybridized carbons (Fsp3) is 0.800. The third-order valence-corrected chi connectivity index (χ3v) is 2.03. The van der Waals surface area contributed by atoms with E-state index in [1.54, 1.807) is 0 Å². The van der Waals surface area contributed by atoms with Gasteiger partial charge < -0.3 is 5.32 Å². The van der Waals surface area contributed by atoms with Gasteiger partial charge in [0.15, 0.2) is 0 Å². The molecule has 0 atom stereocenters. The monoisotopic (exact) mass is 180 g/mol. The van der Waals surface area contributed by atoms with Crippen molar-refractivity contribution in [2.24, 2.45) is 5.41 Å². The lowest BCUT2D eigenvalue weighted by Crippen LogP contribution is -2.37. The maximum atomic E-state index is 11.4. The maximum absolute atomic E-state index is 11.4. The first-order chi connectivity index (χ1) is 5.87. The van der Waals surface area contributed by atoms with Gasteiger partial charge >= 0.3 is 0 Å². The van der Waals surface area contributed by atoms with Gasteiger partial charge in [-0.2, -0.15) is 5.26 Å². The van der Waals surface area contributed by atoms with Crippen molar-refractivity contribution in [3.63, 3.8) is 0 Å². The normalized spacial score (nSPS) is 18.9. The molecule has 0 saturated heterocycles. The van der Waals surface area contributed by atoms with Gasteiger partial charge in [-0.3, -0.25) is 4.79 Å². The first kappa shape index (κ1) is 10.0. The van der Waals surface area contributed by atoms with Gasteiger partial charge in [0, 0.05) is 6.42 Å². The van der Waals surface area contributed by atoms with Crippen molar-refractivity contribution in [2.45, 2.75) is 45.6 Å². The Balaban J connectivity index is 2.40. The summed E-state index contributed by atoms with van der Waals surface area (Å²) in [5.74, 6) is -0.00782. The van der Waals surface area contributed by atoms with Crippen LogP contribution < -0.4 is 5.32 Å². The number of rotatable bonds is 2. The van der Waals surface area contributed by atoms with Gasteiger partial charge in [-0.25, -0.2) is 0 Å². The van der Waals surface area contributed by atoms with E-state index in [1.807, 2.05) is 20.8 Å². The van der Waals surface area contributed by atoms with Crippen molar-refractivity contribution in [1.29, 1.82) is 5.26 Å². The minimum atomic E-state index is -0.512. The van der Waals surface area contributed by atoms with Crippen LogP contribution in [0.25, 0.3) is 0 Å². The predicted octanol–water partition coefficient (Wildman–Crippen LogP) is 1.59. The molecule has 0 aliphatic heterocycles. The number of carbonyl (C=O) groups is 1. The standard InChI is InChI=1S/C10H16N2O/c1-9(2,3)6-8(13)12-10(7-11)4-5-10/h4-6H2,1-3H3,(H,12,13). The zero-order valence-electron chi connectivity index (χ0n) is 8.48. The molecule has 0 aromatic rings. The van der Waals surface area contributed by atoms with Gasteiger partial charge in [0.05, 0.1) is 6.07 Å². The summed E-state index contributed by atoms with van der Waals surface area (Å²) in [6.45, 7) is 6.04. The van der Waals surface area contributed by atoms with Crippen LogP contribution in [0.2, 0.25) is 0 Å². The van der Waals surface area contributed by atoms with Crippen LogP contribution in [0.4, 0.5) is 0 Å². The first-order valence-corrected chi connectivity index (χ1v) is 4.59. The quantitative estimate of drug-likeness (QED) is 0.701. The summed E-state index contributed by atoms with van der Waals surface area (Å²) in [4.78, 5) is 11.4. The van der Waals surface area contributed by atoms with Crippen molar-refractivity contribution in [2.75, 3.05) is 0 Å². The lowest BCUT2D eigenvalue weighted by atomic mass is 9.92. The maximum Gasteiger partial charge on any atom is 0.221 e. The summed E-state index contributed by atoms with van der Waals surface area (Å²) in [5, 5.41) is 11.5. The molecular weight excluding hydrogens is 164 g/mol. The molecule has 3 nitrogen and oxygen atoms in total. The van der Waals surface area contributed by atoms with Gasteiger partial charge in [0.25, 0.3) is 0 Å². The van der Waals surface area contributed by atoms with Gasteiger partial charge in [-0.15, -0.1) is 0 Å². The molecule has 0 heterocycles. The Kier molecular flexibility index (Phi) is 2.34. The molecule has 13 heavy (non-hydrogen) atoms. The molecule has 1 saturated carbocycles. The molecule has 1 aliphatic rings. The molecular formula is C10H16N2O. The van der Waals surface area contributed by atoms with Crippen LogP contribution >= 0.6 is 0 Å². The number of nitrogens with zero attached hydrogens (tertiary/aromatic N) is 1. The largest absolute Gasteiger partial charge is 0.338 e. The van der Waals surface area contributed by atoms with Crippen molar-refractivity contribution >= 4 is 5.91 Å². The molecule has 0 bridgehead atoms. The fourth-order valence-corrected chi connectivity index (χ4v) is 1.18. The highest BCUT2D eigenvalue weighted by Gasteiger charge is 2.44. The number of hydrogen-bond acceptors (Lipinski definition) is 2. The number of hydrogen-bond donors (Lipinski definition) is 1. The lowest BCUT2D eigenvalue weighted by molar-refractivity contribution is -0.123. The van der Waals surface area contributed by atoms with Crippen molar-refractivity contribution in [3.8, 4) is 6.07 Å². The third-order valence-electron chi connectivity index (χ3n) is 2.03. The van der Waals surface area contributed by atoms with Crippen LogP contribution in [0.3, 0.4) is 0 Å². The van der Waals surface area contributed by atoms with E-state index in [4.69, 9.17) is 5.26 Å². The molecule has 3 heteroatoms. The zero-order chi connectivity index (χ0) is 10.1. The zero-order valence-corrected chi connectivity index (χ0v) is 8.48. The van der Waals surface area contributed by atoms with Gasteiger partial charge in [0.2, 0.25) is 5.91 Å². The molecule has 0 spiro atoms. The predicted molar refractivity (Wildman–Crippen MR) is 49.8 cm³/mol. The van der Waals surface area contributed by atoms with Crippen LogP contribution in [0.1, 0.15) is 40.0 Å². The molecule has 0 radical (unpaired) electrons. The van der Waals surface area contributed by atoms with Gasteiger partial charge in [0.1, 0.15) is 5.54 Å². The molecule has 0 unspecified atom stereocenters. The summed E-state index contributed by atoms with van der Waals surface area (Å²) in [6, 6.07) is 2.14. The third kappa shape index (κ3) is 3.06. The SMILES string of the molecule is CC(C)(C)CC(=O)NC1(C#N)CC1. The topological polar surface area (TPSA) is 52.9 Å². The Labute approximate surface area is 79.1 Å². The minimum absolute atomic E-state index is 0.00435. The second kappa shape index (κ2) is 3.02. The highest BCUT2D eigenvalue weighted by molar-refractivity contribution is 5.78. The average Bonchev–Trinajstić information content (AvgIpc) is 2.65. The molecule has 1 fully saturated rings. The van der Waals surface area contributed by atoms with E-state index in [9.17, 15) is 4.79 Å². The molecule has 1 N–H and O–H groups in total. The van der Waals surface area contributed by atoms with Crippen molar-refractivity contribution < 1.29 is 4.79 Å². The van der Waals surface area contributed by atoms with E-state index in [0.717, 1.165) is 12.8 Å². The summed E-state index contributed by atoms with van der Waals surface area (Å²) < 4.78 is 0. The Morgan fingerprint density at radius 3 is 2.38 bits per heavy atom. The van der Waals surface area contributed by atoms with E-state index < -0.39 is 5.54 Å². The second-order valence-corrected chi connectivity index (χ2v) is 4.98. The smallest absolute Gasteiger partial charge is 0.221 e. The molecule has 1 amide bonds. The van der Waals surface area contributed by atoms with Crippen LogP contribution in [0.15, 0.2) is 0 Å². The fourth-order valence-electron chi connectivity index (χ4n) is 1.18. The highest BCUT2D eigenvalue weighted by Crippen LogP contribution is 2.34. The number of carbonyl (C=O) groups excluding carboxylic acids is 1. The summed E-state index contributed by atoms with van der Waals surface area (Å²) in [5.41, 5.74) is -0.516. The van der Waals surface area contributed by atoms with E-state index in [0.29, 0.717) is 6.42 Å². The summed E-state index contributed by atoms with van der Waals surface area (Å²) in [7, 11) is 0. The van der Waals surface area contributed by atoms with Crippen LogP contribution in [-0.2, 0) is 4.79 Å². The molecule has 72 valence electrons. The Morgan fingerprint density at radius 2 is 2.08 bits per heavy atom. The summed E-state index contributed by atoms with van der Waals surface area (Å²) >= 11 is 0. The Bertz CT molecular complexity index is 253. The summed E-state index contributed by atoms with van der Waals surface area (Å²) in [6.07, 6.45) is 2.09. The van der Waals surface area contributed by atoms with E-state index in [2.05, 4.69) is 11.4 Å². The molecule has 1 rings (SSSR count). The van der Waals surface area contributed by atoms with Gasteiger partial charge in [-0.05, 0) is 18.3 Å². The van der Waals surface area contributed by atoms with Gasteiger partial charge in [-0.1, -0.05) is 20.8 Å². The molecule has 0 aromatic carbocycles. The Morgan fingerprint density at radius 1 is 1.54 bits per heavy atom. The minimum Gasteiger partial charge on any atom is -0.338 e. The number of nitrogens with one attached hydrogen (secondary N) is 1. The molecule has 1 aliphatic carbocycles. The average molecular weight is 180 g/mol. The van der Waals surface area contributed by atoms with Crippen molar-refractivity contribution in [3.05, 3.63) is 0 Å². The van der Waals surface area contributed by atoms with E-state index in [1.165, 1.54) is 0 Å². The van der Waals surface area contributed by atoms with E-state index in [-0.39, 0.29) is 11.3 Å². The van der Waals surface area contributed by atoms with Crippen LogP contribution in [0, 0.1) is 16.7 Å². The van der Waals surface area contributed by atoms with Crippen LogP contribution in [0.5, 0.6) is 0 Å². The van der Waals surface area contributed by atoms with Crippen molar-refractivity contribution in [1.82, 2.24) is 5.32 Å². The molecule has 0 aromatic heterocycles. The lowest BCUT2D eigenvalue weighted by Gasteiger charge is -2.18.